The van der Waals surface area contributed by atoms with E-state index in [1.807, 2.05) is 92.7 Å². The summed E-state index contributed by atoms with van der Waals surface area (Å²) in [6, 6.07) is 20.8. The highest BCUT2D eigenvalue weighted by Crippen LogP contribution is 2.65. The first-order chi connectivity index (χ1) is 22.3. The standard InChI is InChI=1S/C37H39N3O5S/c1-3-45-29-16-14-27(15-17-29)38-21-8-18-36(2)30(33(38)42)31-34(43)40(20-6-7-23-41)32-35(44)39(22-9-19-37(31,32)46-36)28-13-12-25-10-4-5-11-26(25)24-28/h4-5,8-19,24,30-32,41H,3,6-7,20-23H2,1-2H3/t30-,31-,32?,36+,37-/m0/s1. The van der Waals surface area contributed by atoms with Gasteiger partial charge in [-0.25, -0.2) is 0 Å². The van der Waals surface area contributed by atoms with Crippen molar-refractivity contribution in [2.45, 2.75) is 42.2 Å². The number of anilines is 2. The normalized spacial score (nSPS) is 28.7. The van der Waals surface area contributed by atoms with Crippen molar-refractivity contribution in [2.75, 3.05) is 42.6 Å². The Kier molecular flexibility index (Phi) is 7.93. The van der Waals surface area contributed by atoms with Crippen molar-refractivity contribution < 1.29 is 24.2 Å². The van der Waals surface area contributed by atoms with Gasteiger partial charge in [0.25, 0.3) is 5.91 Å². The Morgan fingerprint density at radius 3 is 2.26 bits per heavy atom. The Bertz CT molecular complexity index is 1740. The Labute approximate surface area is 273 Å². The maximum absolute atomic E-state index is 14.8. The molecule has 1 unspecified atom stereocenters. The zero-order valence-electron chi connectivity index (χ0n) is 26.2. The molecule has 5 atom stereocenters. The van der Waals surface area contributed by atoms with E-state index in [1.54, 1.807) is 26.5 Å². The lowest BCUT2D eigenvalue weighted by Gasteiger charge is -2.37. The molecule has 0 aliphatic carbocycles. The third-order valence-electron chi connectivity index (χ3n) is 9.87. The Morgan fingerprint density at radius 2 is 1.52 bits per heavy atom. The molecule has 3 aromatic rings. The van der Waals surface area contributed by atoms with Crippen LogP contribution in [0.25, 0.3) is 10.8 Å². The van der Waals surface area contributed by atoms with Gasteiger partial charge in [0.1, 0.15) is 11.8 Å². The third-order valence-corrected chi connectivity index (χ3v) is 11.7. The van der Waals surface area contributed by atoms with E-state index >= 15 is 0 Å². The van der Waals surface area contributed by atoms with Crippen LogP contribution in [0.2, 0.25) is 0 Å². The number of carbonyl (C=O) groups excluding carboxylic acids is 3. The van der Waals surface area contributed by atoms with E-state index in [1.165, 1.54) is 0 Å². The molecule has 4 heterocycles. The molecule has 8 nitrogen and oxygen atoms in total. The van der Waals surface area contributed by atoms with Crippen LogP contribution in [0.15, 0.2) is 91.0 Å². The fourth-order valence-corrected chi connectivity index (χ4v) is 10.0. The van der Waals surface area contributed by atoms with E-state index in [0.717, 1.165) is 27.9 Å². The van der Waals surface area contributed by atoms with Gasteiger partial charge in [0.15, 0.2) is 0 Å². The summed E-state index contributed by atoms with van der Waals surface area (Å²) in [5.41, 5.74) is 1.52. The molecule has 2 saturated heterocycles. The van der Waals surface area contributed by atoms with Gasteiger partial charge >= 0.3 is 0 Å². The zero-order valence-corrected chi connectivity index (χ0v) is 27.0. The largest absolute Gasteiger partial charge is 0.494 e. The molecule has 7 rings (SSSR count). The highest BCUT2D eigenvalue weighted by atomic mass is 32.2. The van der Waals surface area contributed by atoms with Crippen LogP contribution in [0.1, 0.15) is 26.7 Å². The molecular weight excluding hydrogens is 598 g/mol. The second-order valence-electron chi connectivity index (χ2n) is 12.6. The van der Waals surface area contributed by atoms with Crippen LogP contribution in [0.4, 0.5) is 11.4 Å². The van der Waals surface area contributed by atoms with Gasteiger partial charge in [-0.1, -0.05) is 54.6 Å². The maximum Gasteiger partial charge on any atom is 0.251 e. The minimum Gasteiger partial charge on any atom is -0.494 e. The number of carbonyl (C=O) groups is 3. The molecule has 0 aromatic heterocycles. The smallest absolute Gasteiger partial charge is 0.251 e. The summed E-state index contributed by atoms with van der Waals surface area (Å²) in [5.74, 6) is -1.10. The summed E-state index contributed by atoms with van der Waals surface area (Å²) in [5, 5.41) is 11.7. The maximum atomic E-state index is 14.8. The molecule has 3 amide bonds. The lowest BCUT2D eigenvalue weighted by molar-refractivity contribution is -0.139. The van der Waals surface area contributed by atoms with Crippen LogP contribution in [-0.2, 0) is 14.4 Å². The van der Waals surface area contributed by atoms with Crippen molar-refractivity contribution in [3.05, 3.63) is 91.0 Å². The fraction of sp³-hybridized carbons (Fsp3) is 0.378. The Hall–Kier alpha value is -4.08. The molecule has 0 radical (unpaired) electrons. The molecule has 3 aromatic carbocycles. The molecule has 1 N–H and O–H groups in total. The van der Waals surface area contributed by atoms with Crippen molar-refractivity contribution in [1.82, 2.24) is 4.90 Å². The van der Waals surface area contributed by atoms with E-state index < -0.39 is 27.4 Å². The minimum atomic E-state index is -0.930. The Balaban J connectivity index is 1.29. The molecule has 0 bridgehead atoms. The van der Waals surface area contributed by atoms with Gasteiger partial charge in [-0.3, -0.25) is 14.4 Å². The fourth-order valence-electron chi connectivity index (χ4n) is 7.85. The van der Waals surface area contributed by atoms with E-state index in [9.17, 15) is 19.5 Å². The lowest BCUT2D eigenvalue weighted by Crippen LogP contribution is -2.53. The van der Waals surface area contributed by atoms with Crippen molar-refractivity contribution >= 4 is 51.6 Å². The van der Waals surface area contributed by atoms with Crippen LogP contribution in [0.3, 0.4) is 0 Å². The van der Waals surface area contributed by atoms with Gasteiger partial charge < -0.3 is 24.5 Å². The summed E-state index contributed by atoms with van der Waals surface area (Å²) in [7, 11) is 0. The molecule has 4 aliphatic heterocycles. The quantitative estimate of drug-likeness (QED) is 0.270. The molecule has 9 heteroatoms. The third kappa shape index (κ3) is 4.83. The highest BCUT2D eigenvalue weighted by Gasteiger charge is 2.74. The number of fused-ring (bicyclic) bond motifs is 3. The first-order valence-corrected chi connectivity index (χ1v) is 16.9. The summed E-state index contributed by atoms with van der Waals surface area (Å²) in [6.07, 6.45) is 9.23. The van der Waals surface area contributed by atoms with E-state index in [2.05, 4.69) is 12.2 Å². The predicted molar refractivity (Wildman–Crippen MR) is 182 cm³/mol. The number of aliphatic hydroxyl groups is 1. The second-order valence-corrected chi connectivity index (χ2v) is 14.4. The molecule has 238 valence electrons. The van der Waals surface area contributed by atoms with Gasteiger partial charge in [0.2, 0.25) is 11.8 Å². The van der Waals surface area contributed by atoms with Crippen molar-refractivity contribution in [3.8, 4) is 5.75 Å². The van der Waals surface area contributed by atoms with Crippen molar-refractivity contribution in [1.29, 1.82) is 0 Å². The van der Waals surface area contributed by atoms with Crippen molar-refractivity contribution in [3.63, 3.8) is 0 Å². The average Bonchev–Trinajstić information content (AvgIpc) is 3.32. The van der Waals surface area contributed by atoms with Gasteiger partial charge in [0.05, 0.1) is 23.2 Å². The number of amides is 3. The average molecular weight is 638 g/mol. The number of nitrogens with zero attached hydrogens (tertiary/aromatic N) is 3. The molecule has 4 aliphatic rings. The van der Waals surface area contributed by atoms with Crippen LogP contribution in [0, 0.1) is 11.8 Å². The van der Waals surface area contributed by atoms with E-state index in [4.69, 9.17) is 4.74 Å². The number of rotatable bonds is 8. The van der Waals surface area contributed by atoms with Crippen LogP contribution in [0.5, 0.6) is 5.75 Å². The highest BCUT2D eigenvalue weighted by molar-refractivity contribution is 8.02. The van der Waals surface area contributed by atoms with Crippen LogP contribution >= 0.6 is 11.8 Å². The van der Waals surface area contributed by atoms with Gasteiger partial charge in [-0.15, -0.1) is 11.8 Å². The van der Waals surface area contributed by atoms with E-state index in [-0.39, 0.29) is 24.3 Å². The number of ether oxygens (including phenoxy) is 1. The second kappa shape index (κ2) is 11.9. The summed E-state index contributed by atoms with van der Waals surface area (Å²) in [6.45, 7) is 5.62. The number of benzene rings is 3. The van der Waals surface area contributed by atoms with Crippen molar-refractivity contribution in [2.24, 2.45) is 11.8 Å². The SMILES string of the molecule is CCOc1ccc(N2CC=C[C@@]3(C)S[C@]45C=CCN(c6ccc7ccccc7c6)C(=O)C4N(CCCCO)C(=O)[C@@H]5[C@H]3C2=O)cc1. The number of hydrogen-bond donors (Lipinski definition) is 1. The molecule has 0 saturated carbocycles. The molecule has 2 fully saturated rings. The first-order valence-electron chi connectivity index (χ1n) is 16.1. The number of aliphatic hydroxyl groups excluding tert-OH is 1. The van der Waals surface area contributed by atoms with E-state index in [0.29, 0.717) is 39.1 Å². The predicted octanol–water partition coefficient (Wildman–Crippen LogP) is 5.20. The molecule has 46 heavy (non-hydrogen) atoms. The van der Waals surface area contributed by atoms with Gasteiger partial charge in [-0.2, -0.15) is 0 Å². The van der Waals surface area contributed by atoms with Gasteiger partial charge in [0, 0.05) is 42.4 Å². The summed E-state index contributed by atoms with van der Waals surface area (Å²) < 4.78 is 3.99. The molecular formula is C37H39N3O5S. The number of thioether (sulfide) groups is 1. The summed E-state index contributed by atoms with van der Waals surface area (Å²) >= 11 is 1.59. The lowest BCUT2D eigenvalue weighted by atomic mass is 9.74. The molecule has 1 spiro atoms. The van der Waals surface area contributed by atoms with Crippen LogP contribution in [-0.4, -0.2) is 76.1 Å². The van der Waals surface area contributed by atoms with Crippen LogP contribution < -0.4 is 14.5 Å². The summed E-state index contributed by atoms with van der Waals surface area (Å²) in [4.78, 5) is 49.4. The number of likely N-dealkylation sites (tertiary alicyclic amines) is 1. The first kappa shape index (κ1) is 30.6. The zero-order chi connectivity index (χ0) is 32.1. The topological polar surface area (TPSA) is 90.4 Å². The minimum absolute atomic E-state index is 0.00804. The number of hydrogen-bond acceptors (Lipinski definition) is 6. The monoisotopic (exact) mass is 637 g/mol. The number of unbranched alkanes of at least 4 members (excludes halogenated alkanes) is 1. The van der Waals surface area contributed by atoms with Gasteiger partial charge in [-0.05, 0) is 73.9 Å². The Morgan fingerprint density at radius 1 is 0.826 bits per heavy atom.